The van der Waals surface area contributed by atoms with Gasteiger partial charge in [-0.3, -0.25) is 4.90 Å². The van der Waals surface area contributed by atoms with Gasteiger partial charge in [-0.1, -0.05) is 6.07 Å². The Hall–Kier alpha value is -0.910. The van der Waals surface area contributed by atoms with E-state index in [1.807, 2.05) is 17.8 Å². The second-order valence-corrected chi connectivity index (χ2v) is 6.39. The lowest BCUT2D eigenvalue weighted by Gasteiger charge is -2.32. The molecule has 1 heterocycles. The number of likely N-dealkylation sites (N-methyl/N-ethyl adjacent to an activating group) is 1. The van der Waals surface area contributed by atoms with Crippen LogP contribution in [0, 0.1) is 0 Å². The van der Waals surface area contributed by atoms with Crippen molar-refractivity contribution in [2.45, 2.75) is 25.4 Å². The van der Waals surface area contributed by atoms with Crippen molar-refractivity contribution in [1.29, 1.82) is 0 Å². The molecule has 1 aromatic rings. The molecular formula is C16H26N2O2S. The zero-order valence-corrected chi connectivity index (χ0v) is 14.0. The third kappa shape index (κ3) is 4.05. The number of thioether (sulfide) groups is 1. The van der Waals surface area contributed by atoms with E-state index in [1.54, 1.807) is 0 Å². The summed E-state index contributed by atoms with van der Waals surface area (Å²) in [6, 6.07) is 6.87. The van der Waals surface area contributed by atoms with E-state index in [0.717, 1.165) is 30.3 Å². The molecule has 0 aliphatic carbocycles. The van der Waals surface area contributed by atoms with Crippen LogP contribution in [0.3, 0.4) is 0 Å². The third-order valence-electron chi connectivity index (χ3n) is 3.97. The summed E-state index contributed by atoms with van der Waals surface area (Å²) in [5, 5.41) is 0. The molecule has 0 amide bonds. The lowest BCUT2D eigenvalue weighted by molar-refractivity contribution is 0.203. The summed E-state index contributed by atoms with van der Waals surface area (Å²) in [6.07, 6.45) is 3.06. The first-order valence-corrected chi connectivity index (χ1v) is 8.87. The Morgan fingerprint density at radius 2 is 2.00 bits per heavy atom. The summed E-state index contributed by atoms with van der Waals surface area (Å²) in [5.74, 6) is 2.78. The smallest absolute Gasteiger partial charge is 0.161 e. The van der Waals surface area contributed by atoms with E-state index < -0.39 is 0 Å². The summed E-state index contributed by atoms with van der Waals surface area (Å²) in [7, 11) is 2.14. The summed E-state index contributed by atoms with van der Waals surface area (Å²) in [4.78, 5) is 2.34. The molecule has 2 atom stereocenters. The van der Waals surface area contributed by atoms with Crippen LogP contribution in [0.25, 0.3) is 0 Å². The minimum atomic E-state index is 0.198. The van der Waals surface area contributed by atoms with Gasteiger partial charge >= 0.3 is 0 Å². The highest BCUT2D eigenvalue weighted by Gasteiger charge is 2.22. The third-order valence-corrected chi connectivity index (χ3v) is 4.79. The van der Waals surface area contributed by atoms with Gasteiger partial charge in [-0.25, -0.2) is 0 Å². The molecule has 0 aromatic heterocycles. The quantitative estimate of drug-likeness (QED) is 0.875. The maximum Gasteiger partial charge on any atom is 0.161 e. The Morgan fingerprint density at radius 3 is 2.67 bits per heavy atom. The van der Waals surface area contributed by atoms with E-state index in [2.05, 4.69) is 37.3 Å². The number of nitrogens with two attached hydrogens (primary N) is 1. The first kappa shape index (κ1) is 16.5. The number of hydrogen-bond donors (Lipinski definition) is 1. The number of hydrogen-bond acceptors (Lipinski definition) is 5. The molecule has 0 radical (unpaired) electrons. The van der Waals surface area contributed by atoms with Gasteiger partial charge in [0, 0.05) is 30.8 Å². The molecule has 2 N–H and O–H groups in total. The van der Waals surface area contributed by atoms with Crippen molar-refractivity contribution in [3.8, 4) is 11.5 Å². The number of fused-ring (bicyclic) bond motifs is 1. The predicted octanol–water partition coefficient (Wildman–Crippen LogP) is 2.53. The standard InChI is InChI=1S/C16H26N2O2S/c1-12(11-21-3)18(2)14(10-17)13-5-6-15-16(9-13)20-8-4-7-19-15/h5-6,9,12,14H,4,7-8,10-11,17H2,1-3H3. The minimum Gasteiger partial charge on any atom is -0.490 e. The average molecular weight is 310 g/mol. The van der Waals surface area contributed by atoms with Crippen molar-refractivity contribution in [3.05, 3.63) is 23.8 Å². The van der Waals surface area contributed by atoms with E-state index in [-0.39, 0.29) is 6.04 Å². The monoisotopic (exact) mass is 310 g/mol. The van der Waals surface area contributed by atoms with Crippen LogP contribution in [-0.2, 0) is 0 Å². The molecule has 0 bridgehead atoms. The number of nitrogens with zero attached hydrogens (tertiary/aromatic N) is 1. The van der Waals surface area contributed by atoms with Crippen molar-refractivity contribution in [3.63, 3.8) is 0 Å². The molecule has 0 saturated carbocycles. The molecule has 21 heavy (non-hydrogen) atoms. The summed E-state index contributed by atoms with van der Waals surface area (Å²) in [6.45, 7) is 4.26. The van der Waals surface area contributed by atoms with Crippen molar-refractivity contribution < 1.29 is 9.47 Å². The van der Waals surface area contributed by atoms with Gasteiger partial charge < -0.3 is 15.2 Å². The Balaban J connectivity index is 2.20. The van der Waals surface area contributed by atoms with Crippen molar-refractivity contribution in [2.75, 3.05) is 38.8 Å². The molecule has 5 heteroatoms. The maximum absolute atomic E-state index is 6.03. The van der Waals surface area contributed by atoms with E-state index in [1.165, 1.54) is 5.56 Å². The van der Waals surface area contributed by atoms with Gasteiger partial charge in [0.05, 0.1) is 13.2 Å². The first-order chi connectivity index (χ1) is 10.2. The molecule has 0 fully saturated rings. The lowest BCUT2D eigenvalue weighted by atomic mass is 10.0. The fraction of sp³-hybridized carbons (Fsp3) is 0.625. The highest BCUT2D eigenvalue weighted by atomic mass is 32.2. The summed E-state index contributed by atoms with van der Waals surface area (Å²) < 4.78 is 11.5. The molecule has 2 unspecified atom stereocenters. The molecule has 0 spiro atoms. The van der Waals surface area contributed by atoms with Crippen LogP contribution in [0.15, 0.2) is 18.2 Å². The molecule has 118 valence electrons. The second kappa shape index (κ2) is 7.92. The van der Waals surface area contributed by atoms with Crippen LogP contribution >= 0.6 is 11.8 Å². The Morgan fingerprint density at radius 1 is 1.29 bits per heavy atom. The predicted molar refractivity (Wildman–Crippen MR) is 89.5 cm³/mol. The second-order valence-electron chi connectivity index (χ2n) is 5.48. The number of rotatable bonds is 6. The highest BCUT2D eigenvalue weighted by molar-refractivity contribution is 7.98. The molecule has 1 aromatic carbocycles. The van der Waals surface area contributed by atoms with Crippen LogP contribution in [0.2, 0.25) is 0 Å². The van der Waals surface area contributed by atoms with Crippen LogP contribution in [0.5, 0.6) is 11.5 Å². The summed E-state index contributed by atoms with van der Waals surface area (Å²) in [5.41, 5.74) is 7.22. The van der Waals surface area contributed by atoms with Crippen LogP contribution in [-0.4, -0.2) is 49.8 Å². The normalized spacial score (nSPS) is 17.4. The van der Waals surface area contributed by atoms with E-state index in [9.17, 15) is 0 Å². The van der Waals surface area contributed by atoms with E-state index in [4.69, 9.17) is 15.2 Å². The molecule has 4 nitrogen and oxygen atoms in total. The highest BCUT2D eigenvalue weighted by Crippen LogP contribution is 2.33. The molecule has 0 saturated heterocycles. The maximum atomic E-state index is 6.03. The summed E-state index contributed by atoms with van der Waals surface area (Å²) >= 11 is 1.86. The number of benzene rings is 1. The molecule has 2 rings (SSSR count). The van der Waals surface area contributed by atoms with Crippen LogP contribution < -0.4 is 15.2 Å². The van der Waals surface area contributed by atoms with Gasteiger partial charge in [0.2, 0.25) is 0 Å². The Bertz CT molecular complexity index is 456. The first-order valence-electron chi connectivity index (χ1n) is 7.47. The number of ether oxygens (including phenoxy) is 2. The van der Waals surface area contributed by atoms with Gasteiger partial charge in [-0.2, -0.15) is 11.8 Å². The van der Waals surface area contributed by atoms with Gasteiger partial charge in [-0.15, -0.1) is 0 Å². The average Bonchev–Trinajstić information content (AvgIpc) is 2.73. The Labute approximate surface area is 132 Å². The van der Waals surface area contributed by atoms with Gasteiger partial charge in [0.1, 0.15) is 0 Å². The minimum absolute atomic E-state index is 0.198. The lowest BCUT2D eigenvalue weighted by Crippen LogP contribution is -2.38. The SMILES string of the molecule is CSCC(C)N(C)C(CN)c1ccc2c(c1)OCCCO2. The van der Waals surface area contributed by atoms with Crippen LogP contribution in [0.1, 0.15) is 24.9 Å². The largest absolute Gasteiger partial charge is 0.490 e. The molecule has 1 aliphatic rings. The Kier molecular flexibility index (Phi) is 6.21. The van der Waals surface area contributed by atoms with Gasteiger partial charge in [0.15, 0.2) is 11.5 Å². The van der Waals surface area contributed by atoms with Gasteiger partial charge in [-0.05, 0) is 37.9 Å². The van der Waals surface area contributed by atoms with Gasteiger partial charge in [0.25, 0.3) is 0 Å². The zero-order chi connectivity index (χ0) is 15.2. The van der Waals surface area contributed by atoms with Crippen molar-refractivity contribution in [2.24, 2.45) is 5.73 Å². The topological polar surface area (TPSA) is 47.7 Å². The molecule has 1 aliphatic heterocycles. The zero-order valence-electron chi connectivity index (χ0n) is 13.2. The van der Waals surface area contributed by atoms with E-state index in [0.29, 0.717) is 19.2 Å². The fourth-order valence-electron chi connectivity index (χ4n) is 2.59. The molecular weight excluding hydrogens is 284 g/mol. The van der Waals surface area contributed by atoms with Crippen molar-refractivity contribution in [1.82, 2.24) is 4.90 Å². The fourth-order valence-corrected chi connectivity index (χ4v) is 3.31. The van der Waals surface area contributed by atoms with Crippen molar-refractivity contribution >= 4 is 11.8 Å². The van der Waals surface area contributed by atoms with E-state index >= 15 is 0 Å². The van der Waals surface area contributed by atoms with Crippen LogP contribution in [0.4, 0.5) is 0 Å².